The van der Waals surface area contributed by atoms with Crippen LogP contribution in [0.4, 0.5) is 0 Å². The highest BCUT2D eigenvalue weighted by Crippen LogP contribution is 2.14. The molecule has 0 bridgehead atoms. The van der Waals surface area contributed by atoms with Crippen LogP contribution in [0.15, 0.2) is 18.5 Å². The van der Waals surface area contributed by atoms with Crippen LogP contribution in [-0.4, -0.2) is 24.1 Å². The summed E-state index contributed by atoms with van der Waals surface area (Å²) in [5, 5.41) is 0. The van der Waals surface area contributed by atoms with Crippen molar-refractivity contribution < 1.29 is 8.42 Å². The standard InChI is InChI=1S/C11H15N3O2S.C2H6/c1-8-4-11-10(5-12-17(3,15)16)13-9(2)7-14(11)6-8;1-2/h4,6-7,12H,5H2,1-3H3;1-2H3. The summed E-state index contributed by atoms with van der Waals surface area (Å²) < 4.78 is 26.6. The maximum atomic E-state index is 11.1. The monoisotopic (exact) mass is 283 g/mol. The van der Waals surface area contributed by atoms with E-state index in [-0.39, 0.29) is 6.54 Å². The number of nitrogens with zero attached hydrogens (tertiary/aromatic N) is 2. The van der Waals surface area contributed by atoms with Gasteiger partial charge in [-0.25, -0.2) is 13.1 Å². The van der Waals surface area contributed by atoms with Gasteiger partial charge in [-0.05, 0) is 25.5 Å². The molecule has 0 amide bonds. The van der Waals surface area contributed by atoms with E-state index in [9.17, 15) is 8.42 Å². The molecule has 2 aromatic heterocycles. The Bertz CT molecular complexity index is 660. The van der Waals surface area contributed by atoms with Crippen molar-refractivity contribution in [1.29, 1.82) is 0 Å². The Labute approximate surface area is 114 Å². The van der Waals surface area contributed by atoms with Crippen LogP contribution in [0.5, 0.6) is 0 Å². The van der Waals surface area contributed by atoms with Crippen LogP contribution < -0.4 is 4.72 Å². The van der Waals surface area contributed by atoms with Crippen molar-refractivity contribution in [3.8, 4) is 0 Å². The van der Waals surface area contributed by atoms with Crippen LogP contribution in [0.1, 0.15) is 30.8 Å². The van der Waals surface area contributed by atoms with Crippen molar-refractivity contribution in [1.82, 2.24) is 14.1 Å². The zero-order valence-electron chi connectivity index (χ0n) is 12.1. The molecule has 0 spiro atoms. The Morgan fingerprint density at radius 1 is 1.26 bits per heavy atom. The second kappa shape index (κ2) is 6.16. The van der Waals surface area contributed by atoms with Gasteiger partial charge in [0.2, 0.25) is 10.0 Å². The van der Waals surface area contributed by atoms with Crippen LogP contribution in [0, 0.1) is 13.8 Å². The minimum absolute atomic E-state index is 0.216. The maximum Gasteiger partial charge on any atom is 0.209 e. The molecule has 19 heavy (non-hydrogen) atoms. The predicted molar refractivity (Wildman–Crippen MR) is 77.7 cm³/mol. The van der Waals surface area contributed by atoms with Crippen molar-refractivity contribution in [2.24, 2.45) is 0 Å². The van der Waals surface area contributed by atoms with Gasteiger partial charge in [0.25, 0.3) is 0 Å². The summed E-state index contributed by atoms with van der Waals surface area (Å²) in [6, 6.07) is 1.99. The van der Waals surface area contributed by atoms with Gasteiger partial charge in [-0.1, -0.05) is 13.8 Å². The topological polar surface area (TPSA) is 63.5 Å². The smallest absolute Gasteiger partial charge is 0.209 e. The third-order valence-corrected chi connectivity index (χ3v) is 3.09. The van der Waals surface area contributed by atoms with Crippen LogP contribution >= 0.6 is 0 Å². The molecule has 1 N–H and O–H groups in total. The van der Waals surface area contributed by atoms with Crippen molar-refractivity contribution in [3.05, 3.63) is 35.4 Å². The van der Waals surface area contributed by atoms with E-state index < -0.39 is 10.0 Å². The summed E-state index contributed by atoms with van der Waals surface area (Å²) in [4.78, 5) is 4.37. The summed E-state index contributed by atoms with van der Waals surface area (Å²) in [5.41, 5.74) is 3.66. The fourth-order valence-electron chi connectivity index (χ4n) is 1.79. The normalized spacial score (nSPS) is 11.2. The average Bonchev–Trinajstić information content (AvgIpc) is 2.68. The second-order valence-electron chi connectivity index (χ2n) is 4.23. The lowest BCUT2D eigenvalue weighted by molar-refractivity contribution is 0.586. The average molecular weight is 283 g/mol. The summed E-state index contributed by atoms with van der Waals surface area (Å²) in [5.74, 6) is 0. The molecule has 0 unspecified atom stereocenters. The molecule has 0 fully saturated rings. The first kappa shape index (κ1) is 15.7. The van der Waals surface area contributed by atoms with Crippen LogP contribution in [0.25, 0.3) is 5.52 Å². The third kappa shape index (κ3) is 4.33. The number of fused-ring (bicyclic) bond motifs is 1. The molecule has 0 aliphatic rings. The molecular formula is C13H21N3O2S. The van der Waals surface area contributed by atoms with Gasteiger partial charge in [0.1, 0.15) is 0 Å². The number of nitrogens with one attached hydrogen (secondary N) is 1. The first-order chi connectivity index (χ1) is 8.85. The van der Waals surface area contributed by atoms with E-state index in [0.29, 0.717) is 0 Å². The van der Waals surface area contributed by atoms with E-state index in [1.807, 2.05) is 50.6 Å². The van der Waals surface area contributed by atoms with Crippen molar-refractivity contribution in [3.63, 3.8) is 0 Å². The van der Waals surface area contributed by atoms with E-state index in [2.05, 4.69) is 9.71 Å². The van der Waals surface area contributed by atoms with Crippen molar-refractivity contribution in [2.75, 3.05) is 6.26 Å². The highest BCUT2D eigenvalue weighted by Gasteiger charge is 2.08. The van der Waals surface area contributed by atoms with Crippen LogP contribution in [0.2, 0.25) is 0 Å². The second-order valence-corrected chi connectivity index (χ2v) is 6.07. The highest BCUT2D eigenvalue weighted by molar-refractivity contribution is 7.88. The number of sulfonamides is 1. The molecular weight excluding hydrogens is 262 g/mol. The number of rotatable bonds is 3. The lowest BCUT2D eigenvalue weighted by Crippen LogP contribution is -2.22. The van der Waals surface area contributed by atoms with Gasteiger partial charge in [-0.15, -0.1) is 0 Å². The zero-order chi connectivity index (χ0) is 14.6. The summed E-state index contributed by atoms with van der Waals surface area (Å²) >= 11 is 0. The van der Waals surface area contributed by atoms with Gasteiger partial charge in [0, 0.05) is 12.4 Å². The quantitative estimate of drug-likeness (QED) is 0.937. The van der Waals surface area contributed by atoms with Crippen LogP contribution in [-0.2, 0) is 16.6 Å². The lowest BCUT2D eigenvalue weighted by atomic mass is 10.3. The molecule has 106 valence electrons. The molecule has 0 aromatic carbocycles. The molecule has 0 radical (unpaired) electrons. The van der Waals surface area contributed by atoms with E-state index in [4.69, 9.17) is 0 Å². The number of hydrogen-bond acceptors (Lipinski definition) is 3. The van der Waals surface area contributed by atoms with Gasteiger partial charge in [-0.2, -0.15) is 0 Å². The summed E-state index contributed by atoms with van der Waals surface area (Å²) in [7, 11) is -3.20. The third-order valence-electron chi connectivity index (χ3n) is 2.42. The van der Waals surface area contributed by atoms with E-state index in [1.165, 1.54) is 0 Å². The lowest BCUT2D eigenvalue weighted by Gasteiger charge is -2.06. The SMILES string of the molecule is CC.Cc1cc2c(CNS(C)(=O)=O)nc(C)cn2c1. The Hall–Kier alpha value is -1.40. The van der Waals surface area contributed by atoms with E-state index >= 15 is 0 Å². The van der Waals surface area contributed by atoms with E-state index in [0.717, 1.165) is 28.7 Å². The molecule has 0 atom stereocenters. The Kier molecular flexibility index (Phi) is 5.08. The van der Waals surface area contributed by atoms with Gasteiger partial charge in [0.05, 0.1) is 29.7 Å². The van der Waals surface area contributed by atoms with Crippen molar-refractivity contribution in [2.45, 2.75) is 34.2 Å². The Morgan fingerprint density at radius 3 is 2.47 bits per heavy atom. The molecule has 2 rings (SSSR count). The number of aryl methyl sites for hydroxylation is 2. The predicted octanol–water partition coefficient (Wildman–Crippen LogP) is 2.03. The molecule has 0 aliphatic carbocycles. The van der Waals surface area contributed by atoms with Gasteiger partial charge in [-0.3, -0.25) is 4.98 Å². The fraction of sp³-hybridized carbons (Fsp3) is 0.462. The molecule has 2 aromatic rings. The zero-order valence-corrected chi connectivity index (χ0v) is 12.9. The molecule has 0 saturated heterocycles. The number of hydrogen-bond donors (Lipinski definition) is 1. The minimum atomic E-state index is -3.20. The largest absolute Gasteiger partial charge is 0.320 e. The molecule has 0 aliphatic heterocycles. The molecule has 0 saturated carbocycles. The summed E-state index contributed by atoms with van der Waals surface area (Å²) in [6.07, 6.45) is 5.06. The van der Waals surface area contributed by atoms with Crippen molar-refractivity contribution >= 4 is 15.5 Å². The first-order valence-electron chi connectivity index (χ1n) is 6.24. The molecule has 6 heteroatoms. The van der Waals surface area contributed by atoms with Gasteiger partial charge >= 0.3 is 0 Å². The number of aromatic nitrogens is 2. The first-order valence-corrected chi connectivity index (χ1v) is 8.14. The van der Waals surface area contributed by atoms with Gasteiger partial charge < -0.3 is 4.40 Å². The highest BCUT2D eigenvalue weighted by atomic mass is 32.2. The van der Waals surface area contributed by atoms with Gasteiger partial charge in [0.15, 0.2) is 0 Å². The Balaban J connectivity index is 0.000000861. The summed E-state index contributed by atoms with van der Waals surface area (Å²) in [6.45, 7) is 8.10. The molecule has 2 heterocycles. The fourth-order valence-corrected chi connectivity index (χ4v) is 2.18. The Morgan fingerprint density at radius 2 is 1.89 bits per heavy atom. The van der Waals surface area contributed by atoms with E-state index in [1.54, 1.807) is 0 Å². The minimum Gasteiger partial charge on any atom is -0.320 e. The molecule has 5 nitrogen and oxygen atoms in total. The maximum absolute atomic E-state index is 11.1. The van der Waals surface area contributed by atoms with Crippen LogP contribution in [0.3, 0.4) is 0 Å².